The second kappa shape index (κ2) is 6.82. The third-order valence-electron chi connectivity index (χ3n) is 2.18. The number of hydrogen-bond acceptors (Lipinski definition) is 4. The highest BCUT2D eigenvalue weighted by molar-refractivity contribution is 5.85. The van der Waals surface area contributed by atoms with Crippen molar-refractivity contribution in [2.45, 2.75) is 6.92 Å². The Morgan fingerprint density at radius 2 is 1.87 bits per heavy atom. The first-order valence-electron chi connectivity index (χ1n) is 4.60. The molecule has 4 nitrogen and oxygen atoms in total. The summed E-state index contributed by atoms with van der Waals surface area (Å²) in [5.74, 6) is 1.00. The molecule has 0 spiro atoms. The predicted molar refractivity (Wildman–Crippen MR) is 66.3 cm³/mol. The van der Waals surface area contributed by atoms with Crippen LogP contribution in [0.1, 0.15) is 5.69 Å². The van der Waals surface area contributed by atoms with E-state index in [2.05, 4.69) is 20.2 Å². The number of nitrogens with one attached hydrogen (secondary N) is 1. The van der Waals surface area contributed by atoms with E-state index in [4.69, 9.17) is 0 Å². The maximum absolute atomic E-state index is 4.43. The van der Waals surface area contributed by atoms with Gasteiger partial charge in [0.25, 0.3) is 0 Å². The molecular formula is C9H16Cl2N4. The molecule has 0 bridgehead atoms. The molecule has 6 heteroatoms. The van der Waals surface area contributed by atoms with E-state index in [0.717, 1.165) is 37.7 Å². The van der Waals surface area contributed by atoms with Crippen molar-refractivity contribution in [1.82, 2.24) is 15.3 Å². The minimum absolute atomic E-state index is 0. The van der Waals surface area contributed by atoms with Crippen molar-refractivity contribution in [3.63, 3.8) is 0 Å². The maximum atomic E-state index is 4.43. The molecule has 1 aromatic heterocycles. The van der Waals surface area contributed by atoms with Gasteiger partial charge in [-0.25, -0.2) is 4.98 Å². The molecule has 1 fully saturated rings. The van der Waals surface area contributed by atoms with Gasteiger partial charge in [0.15, 0.2) is 0 Å². The normalized spacial score (nSPS) is 15.1. The summed E-state index contributed by atoms with van der Waals surface area (Å²) in [6.07, 6.45) is 3.62. The Balaban J connectivity index is 0.000000980. The average molecular weight is 251 g/mol. The van der Waals surface area contributed by atoms with Crippen LogP contribution in [0.25, 0.3) is 0 Å². The van der Waals surface area contributed by atoms with E-state index < -0.39 is 0 Å². The second-order valence-corrected chi connectivity index (χ2v) is 3.26. The molecule has 0 aliphatic carbocycles. The maximum Gasteiger partial charge on any atom is 0.147 e. The van der Waals surface area contributed by atoms with E-state index in [1.54, 1.807) is 6.20 Å². The zero-order valence-electron chi connectivity index (χ0n) is 8.64. The fraction of sp³-hybridized carbons (Fsp3) is 0.556. The number of piperazine rings is 1. The molecule has 1 saturated heterocycles. The molecule has 2 rings (SSSR count). The van der Waals surface area contributed by atoms with E-state index >= 15 is 0 Å². The monoisotopic (exact) mass is 250 g/mol. The zero-order chi connectivity index (χ0) is 9.10. The molecule has 2 heterocycles. The van der Waals surface area contributed by atoms with Gasteiger partial charge in [-0.3, -0.25) is 4.98 Å². The predicted octanol–water partition coefficient (Wildman–Crippen LogP) is 1.04. The van der Waals surface area contributed by atoms with Gasteiger partial charge in [-0.2, -0.15) is 0 Å². The minimum Gasteiger partial charge on any atom is -0.353 e. The number of anilines is 1. The van der Waals surface area contributed by atoms with E-state index in [9.17, 15) is 0 Å². The Hall–Kier alpha value is -0.580. The molecule has 0 amide bonds. The van der Waals surface area contributed by atoms with E-state index in [1.165, 1.54) is 0 Å². The molecule has 0 unspecified atom stereocenters. The Morgan fingerprint density at radius 1 is 1.20 bits per heavy atom. The van der Waals surface area contributed by atoms with Gasteiger partial charge in [0.1, 0.15) is 5.82 Å². The van der Waals surface area contributed by atoms with Crippen LogP contribution in [0.2, 0.25) is 0 Å². The quantitative estimate of drug-likeness (QED) is 0.809. The number of hydrogen-bond donors (Lipinski definition) is 1. The highest BCUT2D eigenvalue weighted by atomic mass is 35.5. The van der Waals surface area contributed by atoms with Crippen molar-refractivity contribution < 1.29 is 0 Å². The van der Waals surface area contributed by atoms with Gasteiger partial charge in [0.2, 0.25) is 0 Å². The number of aryl methyl sites for hydroxylation is 1. The van der Waals surface area contributed by atoms with Crippen molar-refractivity contribution in [2.24, 2.45) is 0 Å². The van der Waals surface area contributed by atoms with Crippen molar-refractivity contribution in [3.8, 4) is 0 Å². The number of halogens is 2. The molecule has 1 aliphatic heterocycles. The van der Waals surface area contributed by atoms with Crippen LogP contribution in [-0.4, -0.2) is 36.1 Å². The van der Waals surface area contributed by atoms with Crippen LogP contribution in [0, 0.1) is 6.92 Å². The molecule has 15 heavy (non-hydrogen) atoms. The number of aromatic nitrogens is 2. The second-order valence-electron chi connectivity index (χ2n) is 3.26. The molecule has 0 aromatic carbocycles. The average Bonchev–Trinajstić information content (AvgIpc) is 2.19. The first-order valence-corrected chi connectivity index (χ1v) is 4.60. The molecule has 1 aliphatic rings. The Morgan fingerprint density at radius 3 is 2.47 bits per heavy atom. The smallest absolute Gasteiger partial charge is 0.147 e. The van der Waals surface area contributed by atoms with Crippen LogP contribution in [-0.2, 0) is 0 Å². The molecule has 1 N–H and O–H groups in total. The van der Waals surface area contributed by atoms with Gasteiger partial charge in [0, 0.05) is 32.4 Å². The summed E-state index contributed by atoms with van der Waals surface area (Å²) in [5.41, 5.74) is 0.982. The topological polar surface area (TPSA) is 41.1 Å². The first-order chi connectivity index (χ1) is 6.36. The third-order valence-corrected chi connectivity index (χ3v) is 2.18. The lowest BCUT2D eigenvalue weighted by molar-refractivity contribution is 0.584. The van der Waals surface area contributed by atoms with Crippen LogP contribution in [0.3, 0.4) is 0 Å². The fourth-order valence-electron chi connectivity index (χ4n) is 1.50. The summed E-state index contributed by atoms with van der Waals surface area (Å²) in [6.45, 7) is 6.10. The first kappa shape index (κ1) is 14.4. The lowest BCUT2D eigenvalue weighted by Crippen LogP contribution is -2.44. The Labute approximate surface area is 102 Å². The van der Waals surface area contributed by atoms with Gasteiger partial charge >= 0.3 is 0 Å². The summed E-state index contributed by atoms with van der Waals surface area (Å²) in [4.78, 5) is 10.8. The van der Waals surface area contributed by atoms with Crippen molar-refractivity contribution in [1.29, 1.82) is 0 Å². The van der Waals surface area contributed by atoms with Crippen LogP contribution in [0.4, 0.5) is 5.82 Å². The summed E-state index contributed by atoms with van der Waals surface area (Å²) in [5, 5.41) is 3.31. The van der Waals surface area contributed by atoms with Crippen molar-refractivity contribution in [2.75, 3.05) is 31.1 Å². The summed E-state index contributed by atoms with van der Waals surface area (Å²) in [6, 6.07) is 0. The fourth-order valence-corrected chi connectivity index (χ4v) is 1.50. The molecule has 1 aromatic rings. The van der Waals surface area contributed by atoms with Gasteiger partial charge in [-0.05, 0) is 6.92 Å². The third kappa shape index (κ3) is 3.81. The van der Waals surface area contributed by atoms with Gasteiger partial charge < -0.3 is 10.2 Å². The Bertz CT molecular complexity index is 289. The standard InChI is InChI=1S/C9H14N4.2ClH/c1-8-6-11-7-9(12-8)13-4-2-10-3-5-13;;/h6-7,10H,2-5H2,1H3;2*1H. The summed E-state index contributed by atoms with van der Waals surface area (Å²) >= 11 is 0. The van der Waals surface area contributed by atoms with Crippen molar-refractivity contribution in [3.05, 3.63) is 18.1 Å². The molecule has 0 saturated carbocycles. The molecule has 86 valence electrons. The van der Waals surface area contributed by atoms with E-state index in [1.807, 2.05) is 13.1 Å². The van der Waals surface area contributed by atoms with Crippen LogP contribution in [0.15, 0.2) is 12.4 Å². The number of rotatable bonds is 1. The number of nitrogens with zero attached hydrogens (tertiary/aromatic N) is 3. The largest absolute Gasteiger partial charge is 0.353 e. The minimum atomic E-state index is 0. The van der Waals surface area contributed by atoms with Gasteiger partial charge in [0.05, 0.1) is 11.9 Å². The lowest BCUT2D eigenvalue weighted by atomic mass is 10.3. The van der Waals surface area contributed by atoms with Crippen LogP contribution < -0.4 is 10.2 Å². The van der Waals surface area contributed by atoms with Crippen LogP contribution >= 0.6 is 24.8 Å². The molecular weight excluding hydrogens is 235 g/mol. The van der Waals surface area contributed by atoms with Crippen molar-refractivity contribution >= 4 is 30.6 Å². The van der Waals surface area contributed by atoms with E-state index in [0.29, 0.717) is 0 Å². The highest BCUT2D eigenvalue weighted by Gasteiger charge is 2.11. The Kier molecular flexibility index (Phi) is 6.56. The van der Waals surface area contributed by atoms with Gasteiger partial charge in [-0.15, -0.1) is 24.8 Å². The van der Waals surface area contributed by atoms with E-state index in [-0.39, 0.29) is 24.8 Å². The SMILES string of the molecule is Cc1cncc(N2CCNCC2)n1.Cl.Cl. The lowest BCUT2D eigenvalue weighted by Gasteiger charge is -2.28. The molecule has 0 radical (unpaired) electrons. The van der Waals surface area contributed by atoms with Gasteiger partial charge in [-0.1, -0.05) is 0 Å². The zero-order valence-corrected chi connectivity index (χ0v) is 10.3. The van der Waals surface area contributed by atoms with Crippen LogP contribution in [0.5, 0.6) is 0 Å². The molecule has 0 atom stereocenters. The highest BCUT2D eigenvalue weighted by Crippen LogP contribution is 2.09. The summed E-state index contributed by atoms with van der Waals surface area (Å²) in [7, 11) is 0. The summed E-state index contributed by atoms with van der Waals surface area (Å²) < 4.78 is 0.